The maximum Gasteiger partial charge on any atom is 0.282 e. The fraction of sp³-hybridized carbons (Fsp3) is 1.00. The Kier molecular flexibility index (Phi) is 5.47. The standard InChI is InChI=1S/C12H23BrN2O2S/c13-8-4-6-12-7-5-11-15(12)18(16,17)14-9-2-1-3-10-14/h12H,1-11H2. The summed E-state index contributed by atoms with van der Waals surface area (Å²) in [5.41, 5.74) is 0. The van der Waals surface area contributed by atoms with Crippen LogP contribution < -0.4 is 0 Å². The summed E-state index contributed by atoms with van der Waals surface area (Å²) < 4.78 is 28.7. The summed E-state index contributed by atoms with van der Waals surface area (Å²) in [7, 11) is -3.19. The van der Waals surface area contributed by atoms with Gasteiger partial charge in [-0.3, -0.25) is 0 Å². The van der Waals surface area contributed by atoms with Gasteiger partial charge in [0, 0.05) is 31.0 Å². The van der Waals surface area contributed by atoms with Gasteiger partial charge in [-0.15, -0.1) is 0 Å². The molecule has 0 aromatic heterocycles. The molecule has 0 radical (unpaired) electrons. The molecule has 0 aliphatic carbocycles. The molecular formula is C12H23BrN2O2S. The van der Waals surface area contributed by atoms with Gasteiger partial charge in [-0.05, 0) is 38.5 Å². The largest absolute Gasteiger partial charge is 0.282 e. The number of piperidine rings is 1. The van der Waals surface area contributed by atoms with Crippen LogP contribution in [-0.4, -0.2) is 48.0 Å². The predicted octanol–water partition coefficient (Wildman–Crippen LogP) is 2.36. The molecule has 2 heterocycles. The van der Waals surface area contributed by atoms with Crippen molar-refractivity contribution in [2.75, 3.05) is 25.0 Å². The van der Waals surface area contributed by atoms with E-state index < -0.39 is 10.2 Å². The highest BCUT2D eigenvalue weighted by atomic mass is 79.9. The number of hydrogen-bond acceptors (Lipinski definition) is 2. The van der Waals surface area contributed by atoms with Crippen LogP contribution in [0.2, 0.25) is 0 Å². The average Bonchev–Trinajstić information content (AvgIpc) is 2.86. The van der Waals surface area contributed by atoms with Crippen LogP contribution in [0.1, 0.15) is 44.9 Å². The molecule has 0 spiro atoms. The first-order valence-corrected chi connectivity index (χ1v) is 9.51. The van der Waals surface area contributed by atoms with Crippen molar-refractivity contribution in [3.8, 4) is 0 Å². The Balaban J connectivity index is 2.03. The first kappa shape index (κ1) is 14.8. The molecule has 0 bridgehead atoms. The van der Waals surface area contributed by atoms with Gasteiger partial charge in [-0.25, -0.2) is 0 Å². The summed E-state index contributed by atoms with van der Waals surface area (Å²) >= 11 is 3.43. The van der Waals surface area contributed by atoms with E-state index in [2.05, 4.69) is 15.9 Å². The lowest BCUT2D eigenvalue weighted by Gasteiger charge is -2.33. The quantitative estimate of drug-likeness (QED) is 0.722. The molecular weight excluding hydrogens is 316 g/mol. The van der Waals surface area contributed by atoms with E-state index in [9.17, 15) is 8.42 Å². The number of nitrogens with zero attached hydrogens (tertiary/aromatic N) is 2. The molecule has 1 unspecified atom stereocenters. The van der Waals surface area contributed by atoms with Crippen molar-refractivity contribution in [3.05, 3.63) is 0 Å². The van der Waals surface area contributed by atoms with Crippen LogP contribution in [0.25, 0.3) is 0 Å². The second kappa shape index (κ2) is 6.68. The second-order valence-electron chi connectivity index (χ2n) is 5.21. The zero-order valence-corrected chi connectivity index (χ0v) is 13.3. The molecule has 2 saturated heterocycles. The van der Waals surface area contributed by atoms with Gasteiger partial charge in [0.15, 0.2) is 0 Å². The van der Waals surface area contributed by atoms with Gasteiger partial charge >= 0.3 is 0 Å². The normalized spacial score (nSPS) is 27.7. The minimum absolute atomic E-state index is 0.231. The van der Waals surface area contributed by atoms with Gasteiger partial charge in [0.05, 0.1) is 0 Å². The maximum absolute atomic E-state index is 12.6. The molecule has 6 heteroatoms. The molecule has 2 aliphatic rings. The Morgan fingerprint density at radius 1 is 1.06 bits per heavy atom. The van der Waals surface area contributed by atoms with Crippen molar-refractivity contribution in [2.24, 2.45) is 0 Å². The van der Waals surface area contributed by atoms with E-state index in [1.54, 1.807) is 8.61 Å². The highest BCUT2D eigenvalue weighted by Crippen LogP contribution is 2.28. The van der Waals surface area contributed by atoms with Crippen LogP contribution in [-0.2, 0) is 10.2 Å². The van der Waals surface area contributed by atoms with Crippen LogP contribution >= 0.6 is 15.9 Å². The van der Waals surface area contributed by atoms with E-state index >= 15 is 0 Å². The van der Waals surface area contributed by atoms with Crippen molar-refractivity contribution in [3.63, 3.8) is 0 Å². The van der Waals surface area contributed by atoms with Crippen LogP contribution in [0.3, 0.4) is 0 Å². The smallest absolute Gasteiger partial charge is 0.195 e. The Bertz CT molecular complexity index is 355. The highest BCUT2D eigenvalue weighted by molar-refractivity contribution is 9.09. The predicted molar refractivity (Wildman–Crippen MR) is 77.1 cm³/mol. The molecule has 106 valence electrons. The molecule has 2 aliphatic heterocycles. The lowest BCUT2D eigenvalue weighted by molar-refractivity contribution is 0.289. The minimum Gasteiger partial charge on any atom is -0.195 e. The van der Waals surface area contributed by atoms with Crippen LogP contribution in [0.4, 0.5) is 0 Å². The third-order valence-corrected chi connectivity index (χ3v) is 6.58. The summed E-state index contributed by atoms with van der Waals surface area (Å²) in [6.45, 7) is 2.14. The van der Waals surface area contributed by atoms with E-state index in [4.69, 9.17) is 0 Å². The SMILES string of the molecule is O=S(=O)(N1CCCCC1)N1CCCC1CCCBr. The van der Waals surface area contributed by atoms with E-state index in [1.807, 2.05) is 0 Å². The summed E-state index contributed by atoms with van der Waals surface area (Å²) in [5.74, 6) is 0. The Morgan fingerprint density at radius 2 is 1.78 bits per heavy atom. The fourth-order valence-electron chi connectivity index (χ4n) is 2.96. The second-order valence-corrected chi connectivity index (χ2v) is 7.88. The zero-order valence-electron chi connectivity index (χ0n) is 10.9. The van der Waals surface area contributed by atoms with E-state index in [0.29, 0.717) is 19.6 Å². The first-order chi connectivity index (χ1) is 8.66. The molecule has 0 amide bonds. The first-order valence-electron chi connectivity index (χ1n) is 6.99. The summed E-state index contributed by atoms with van der Waals surface area (Å²) in [4.78, 5) is 0. The van der Waals surface area contributed by atoms with Crippen LogP contribution in [0, 0.1) is 0 Å². The minimum atomic E-state index is -3.19. The molecule has 0 N–H and O–H groups in total. The van der Waals surface area contributed by atoms with Gasteiger partial charge in [0.25, 0.3) is 10.2 Å². The molecule has 0 aromatic rings. The molecule has 0 saturated carbocycles. The van der Waals surface area contributed by atoms with Crippen molar-refractivity contribution in [1.29, 1.82) is 0 Å². The van der Waals surface area contributed by atoms with Crippen molar-refractivity contribution in [1.82, 2.24) is 8.61 Å². The van der Waals surface area contributed by atoms with Gasteiger partial charge in [0.1, 0.15) is 0 Å². The third kappa shape index (κ3) is 3.26. The number of halogens is 1. The summed E-state index contributed by atoms with van der Waals surface area (Å²) in [5, 5.41) is 0.959. The Hall–Kier alpha value is 0.350. The van der Waals surface area contributed by atoms with Crippen molar-refractivity contribution >= 4 is 26.1 Å². The van der Waals surface area contributed by atoms with Gasteiger partial charge in [-0.1, -0.05) is 22.4 Å². The number of rotatable bonds is 5. The fourth-order valence-corrected chi connectivity index (χ4v) is 5.25. The summed E-state index contributed by atoms with van der Waals surface area (Å²) in [6, 6.07) is 0.231. The van der Waals surface area contributed by atoms with E-state index in [0.717, 1.165) is 43.9 Å². The zero-order chi connectivity index (χ0) is 13.0. The maximum atomic E-state index is 12.6. The van der Waals surface area contributed by atoms with Crippen molar-refractivity contribution < 1.29 is 8.42 Å². The van der Waals surface area contributed by atoms with Crippen LogP contribution in [0.15, 0.2) is 0 Å². The molecule has 2 rings (SSSR count). The van der Waals surface area contributed by atoms with E-state index in [1.165, 1.54) is 6.42 Å². The van der Waals surface area contributed by atoms with Gasteiger partial charge in [-0.2, -0.15) is 17.0 Å². The molecule has 4 nitrogen and oxygen atoms in total. The molecule has 18 heavy (non-hydrogen) atoms. The Labute approximate surface area is 119 Å². The van der Waals surface area contributed by atoms with Crippen LogP contribution in [0.5, 0.6) is 0 Å². The summed E-state index contributed by atoms with van der Waals surface area (Å²) in [6.07, 6.45) is 7.27. The van der Waals surface area contributed by atoms with Gasteiger partial charge in [0.2, 0.25) is 0 Å². The highest BCUT2D eigenvalue weighted by Gasteiger charge is 2.37. The lowest BCUT2D eigenvalue weighted by Crippen LogP contribution is -2.47. The van der Waals surface area contributed by atoms with Gasteiger partial charge < -0.3 is 0 Å². The van der Waals surface area contributed by atoms with Crippen molar-refractivity contribution in [2.45, 2.75) is 51.0 Å². The molecule has 0 aromatic carbocycles. The third-order valence-electron chi connectivity index (χ3n) is 3.93. The monoisotopic (exact) mass is 338 g/mol. The number of alkyl halides is 1. The Morgan fingerprint density at radius 3 is 2.44 bits per heavy atom. The average molecular weight is 339 g/mol. The molecule has 2 fully saturated rings. The molecule has 1 atom stereocenters. The van der Waals surface area contributed by atoms with E-state index in [-0.39, 0.29) is 6.04 Å². The number of hydrogen-bond donors (Lipinski definition) is 0. The topological polar surface area (TPSA) is 40.6 Å². The lowest BCUT2D eigenvalue weighted by atomic mass is 10.1.